The van der Waals surface area contributed by atoms with Gasteiger partial charge < -0.3 is 10.1 Å². The zero-order valence-corrected chi connectivity index (χ0v) is 17.0. The monoisotopic (exact) mass is 391 g/mol. The van der Waals surface area contributed by atoms with Crippen LogP contribution in [0.2, 0.25) is 0 Å². The summed E-state index contributed by atoms with van der Waals surface area (Å²) in [6.07, 6.45) is 0.802. The average Bonchev–Trinajstić information content (AvgIpc) is 2.76. The molecule has 1 N–H and O–H groups in total. The Balaban J connectivity index is 2.07. The molecule has 2 nitrogen and oxygen atoms in total. The SMILES string of the molecule is CNCCOc1ccc(C(=C(CCCl)c2ccccc2)c2ccccc2)cc1. The fourth-order valence-electron chi connectivity index (χ4n) is 3.26. The molecule has 0 atom stereocenters. The van der Waals surface area contributed by atoms with Crippen LogP contribution in [-0.4, -0.2) is 26.1 Å². The van der Waals surface area contributed by atoms with Crippen LogP contribution in [0.3, 0.4) is 0 Å². The fourth-order valence-corrected chi connectivity index (χ4v) is 3.45. The molecule has 3 rings (SSSR count). The summed E-state index contributed by atoms with van der Waals surface area (Å²) in [5, 5.41) is 3.09. The van der Waals surface area contributed by atoms with Crippen molar-refractivity contribution in [2.45, 2.75) is 6.42 Å². The van der Waals surface area contributed by atoms with Crippen molar-refractivity contribution in [2.24, 2.45) is 0 Å². The van der Waals surface area contributed by atoms with Gasteiger partial charge in [0.2, 0.25) is 0 Å². The van der Waals surface area contributed by atoms with Crippen molar-refractivity contribution in [1.82, 2.24) is 5.32 Å². The second-order valence-electron chi connectivity index (χ2n) is 6.50. The minimum Gasteiger partial charge on any atom is -0.492 e. The van der Waals surface area contributed by atoms with Gasteiger partial charge in [-0.2, -0.15) is 0 Å². The Bertz CT molecular complexity index is 873. The highest BCUT2D eigenvalue weighted by Crippen LogP contribution is 2.35. The summed E-state index contributed by atoms with van der Waals surface area (Å²) < 4.78 is 5.78. The van der Waals surface area contributed by atoms with Gasteiger partial charge >= 0.3 is 0 Å². The number of halogens is 1. The number of hydrogen-bond donors (Lipinski definition) is 1. The quantitative estimate of drug-likeness (QED) is 0.279. The topological polar surface area (TPSA) is 21.3 Å². The minimum absolute atomic E-state index is 0.575. The van der Waals surface area contributed by atoms with E-state index >= 15 is 0 Å². The molecule has 144 valence electrons. The van der Waals surface area contributed by atoms with Crippen LogP contribution in [-0.2, 0) is 0 Å². The van der Waals surface area contributed by atoms with Crippen LogP contribution in [0.4, 0.5) is 0 Å². The minimum atomic E-state index is 0.575. The molecule has 0 unspecified atom stereocenters. The second-order valence-corrected chi connectivity index (χ2v) is 6.88. The first-order valence-electron chi connectivity index (χ1n) is 9.61. The second kappa shape index (κ2) is 10.7. The molecule has 0 fully saturated rings. The van der Waals surface area contributed by atoms with Crippen molar-refractivity contribution < 1.29 is 4.74 Å². The molecule has 0 bridgehead atoms. The largest absolute Gasteiger partial charge is 0.492 e. The van der Waals surface area contributed by atoms with Crippen molar-refractivity contribution >= 4 is 22.7 Å². The molecule has 0 spiro atoms. The first-order valence-corrected chi connectivity index (χ1v) is 10.1. The maximum absolute atomic E-state index is 6.20. The molecule has 0 amide bonds. The number of ether oxygens (including phenoxy) is 1. The van der Waals surface area contributed by atoms with Gasteiger partial charge in [0.15, 0.2) is 0 Å². The normalized spacial score (nSPS) is 11.8. The third-order valence-electron chi connectivity index (χ3n) is 4.59. The van der Waals surface area contributed by atoms with Gasteiger partial charge in [0.25, 0.3) is 0 Å². The number of allylic oxidation sites excluding steroid dienone is 1. The summed E-state index contributed by atoms with van der Waals surface area (Å²) in [4.78, 5) is 0. The summed E-state index contributed by atoms with van der Waals surface area (Å²) in [5.41, 5.74) is 6.03. The highest BCUT2D eigenvalue weighted by Gasteiger charge is 2.14. The van der Waals surface area contributed by atoms with E-state index in [1.54, 1.807) is 0 Å². The molecule has 28 heavy (non-hydrogen) atoms. The summed E-state index contributed by atoms with van der Waals surface area (Å²) in [6, 6.07) is 29.4. The maximum Gasteiger partial charge on any atom is 0.119 e. The first-order chi connectivity index (χ1) is 13.8. The Morgan fingerprint density at radius 3 is 1.93 bits per heavy atom. The molecule has 3 heteroatoms. The van der Waals surface area contributed by atoms with E-state index in [1.165, 1.54) is 22.3 Å². The van der Waals surface area contributed by atoms with Crippen molar-refractivity contribution in [3.05, 3.63) is 102 Å². The van der Waals surface area contributed by atoms with E-state index in [4.69, 9.17) is 16.3 Å². The third-order valence-corrected chi connectivity index (χ3v) is 4.78. The van der Waals surface area contributed by atoms with Gasteiger partial charge in [-0.3, -0.25) is 0 Å². The Hall–Kier alpha value is -2.55. The molecule has 0 aliphatic rings. The summed E-state index contributed by atoms with van der Waals surface area (Å²) in [7, 11) is 1.92. The van der Waals surface area contributed by atoms with Gasteiger partial charge in [0, 0.05) is 12.4 Å². The average molecular weight is 392 g/mol. The number of likely N-dealkylation sites (N-methyl/N-ethyl adjacent to an activating group) is 1. The summed E-state index contributed by atoms with van der Waals surface area (Å²) >= 11 is 6.20. The van der Waals surface area contributed by atoms with Crippen molar-refractivity contribution in [3.8, 4) is 5.75 Å². The molecule has 3 aromatic rings. The Morgan fingerprint density at radius 1 is 0.786 bits per heavy atom. The Kier molecular flexibility index (Phi) is 7.71. The number of benzene rings is 3. The van der Waals surface area contributed by atoms with E-state index in [0.29, 0.717) is 12.5 Å². The molecule has 0 radical (unpaired) electrons. The molecule has 0 saturated carbocycles. The predicted molar refractivity (Wildman–Crippen MR) is 120 cm³/mol. The molecular formula is C25H26ClNO. The van der Waals surface area contributed by atoms with E-state index in [2.05, 4.69) is 66.0 Å². The van der Waals surface area contributed by atoms with Crippen molar-refractivity contribution in [1.29, 1.82) is 0 Å². The molecule has 0 aromatic heterocycles. The van der Waals surface area contributed by atoms with Crippen LogP contribution < -0.4 is 10.1 Å². The van der Waals surface area contributed by atoms with E-state index < -0.39 is 0 Å². The predicted octanol–water partition coefficient (Wildman–Crippen LogP) is 5.87. The van der Waals surface area contributed by atoms with Gasteiger partial charge in [-0.1, -0.05) is 72.8 Å². The zero-order valence-electron chi connectivity index (χ0n) is 16.2. The third kappa shape index (κ3) is 5.25. The molecule has 0 aliphatic carbocycles. The van der Waals surface area contributed by atoms with Crippen molar-refractivity contribution in [3.63, 3.8) is 0 Å². The smallest absolute Gasteiger partial charge is 0.119 e. The lowest BCUT2D eigenvalue weighted by molar-refractivity contribution is 0.318. The van der Waals surface area contributed by atoms with Gasteiger partial charge in [-0.25, -0.2) is 0 Å². The van der Waals surface area contributed by atoms with E-state index in [1.807, 2.05) is 31.3 Å². The Labute approximate surface area is 172 Å². The van der Waals surface area contributed by atoms with Gasteiger partial charge in [-0.05, 0) is 53.4 Å². The zero-order chi connectivity index (χ0) is 19.6. The first kappa shape index (κ1) is 20.2. The molecule has 3 aromatic carbocycles. The van der Waals surface area contributed by atoms with Crippen LogP contribution in [0.5, 0.6) is 5.75 Å². The van der Waals surface area contributed by atoms with Crippen LogP contribution >= 0.6 is 11.6 Å². The standard InChI is InChI=1S/C25H26ClNO/c1-27-18-19-28-23-14-12-22(13-15-23)25(21-10-6-3-7-11-21)24(16-17-26)20-8-4-2-5-9-20/h2-15,27H,16-19H2,1H3. The van der Waals surface area contributed by atoms with Crippen LogP contribution in [0.15, 0.2) is 84.9 Å². The molecular weight excluding hydrogens is 366 g/mol. The van der Waals surface area contributed by atoms with Gasteiger partial charge in [0.1, 0.15) is 12.4 Å². The summed E-state index contributed by atoms with van der Waals surface area (Å²) in [6.45, 7) is 1.48. The number of hydrogen-bond acceptors (Lipinski definition) is 2. The fraction of sp³-hybridized carbons (Fsp3) is 0.200. The van der Waals surface area contributed by atoms with E-state index in [0.717, 1.165) is 24.3 Å². The van der Waals surface area contributed by atoms with Gasteiger partial charge in [-0.15, -0.1) is 11.6 Å². The van der Waals surface area contributed by atoms with Crippen LogP contribution in [0.25, 0.3) is 11.1 Å². The Morgan fingerprint density at radius 2 is 1.36 bits per heavy atom. The number of nitrogens with one attached hydrogen (secondary N) is 1. The van der Waals surface area contributed by atoms with E-state index in [-0.39, 0.29) is 0 Å². The lowest BCUT2D eigenvalue weighted by Crippen LogP contribution is -2.15. The molecule has 0 heterocycles. The van der Waals surface area contributed by atoms with Crippen LogP contribution in [0.1, 0.15) is 23.1 Å². The lowest BCUT2D eigenvalue weighted by Gasteiger charge is -2.17. The molecule has 0 saturated heterocycles. The highest BCUT2D eigenvalue weighted by molar-refractivity contribution is 6.18. The van der Waals surface area contributed by atoms with Crippen LogP contribution in [0, 0.1) is 0 Å². The maximum atomic E-state index is 6.20. The lowest BCUT2D eigenvalue weighted by atomic mass is 9.88. The van der Waals surface area contributed by atoms with Crippen molar-refractivity contribution in [2.75, 3.05) is 26.1 Å². The summed E-state index contributed by atoms with van der Waals surface area (Å²) in [5.74, 6) is 1.45. The highest BCUT2D eigenvalue weighted by atomic mass is 35.5. The van der Waals surface area contributed by atoms with E-state index in [9.17, 15) is 0 Å². The van der Waals surface area contributed by atoms with Gasteiger partial charge in [0.05, 0.1) is 0 Å². The number of rotatable bonds is 9. The molecule has 0 aliphatic heterocycles. The number of alkyl halides is 1.